The molecule has 10 aromatic carbocycles. The molecule has 0 spiro atoms. The summed E-state index contributed by atoms with van der Waals surface area (Å²) in [6, 6.07) is 91.1. The summed E-state index contributed by atoms with van der Waals surface area (Å²) in [6.45, 7) is 0. The van der Waals surface area contributed by atoms with E-state index in [1.54, 1.807) is 0 Å². The van der Waals surface area contributed by atoms with E-state index < -0.39 is 8.07 Å². The van der Waals surface area contributed by atoms with Crippen LogP contribution in [0, 0.1) is 0 Å². The molecule has 0 amide bonds. The van der Waals surface area contributed by atoms with E-state index in [1.807, 2.05) is 6.07 Å². The number of furan rings is 1. The van der Waals surface area contributed by atoms with Crippen molar-refractivity contribution >= 4 is 50.8 Å². The van der Waals surface area contributed by atoms with Gasteiger partial charge in [0.25, 0.3) is 0 Å². The summed E-state index contributed by atoms with van der Waals surface area (Å²) in [7, 11) is -3.02. The van der Waals surface area contributed by atoms with Crippen LogP contribution in [0.15, 0.2) is 247 Å². The van der Waals surface area contributed by atoms with Gasteiger partial charge in [-0.15, -0.1) is 0 Å². The molecule has 2 bridgehead atoms. The summed E-state index contributed by atoms with van der Waals surface area (Å²) in [4.78, 5) is 0. The van der Waals surface area contributed by atoms with Gasteiger partial charge < -0.3 is 4.42 Å². The van der Waals surface area contributed by atoms with Crippen LogP contribution in [0.1, 0.15) is 45.2 Å². The van der Waals surface area contributed by atoms with Gasteiger partial charge in [0.1, 0.15) is 11.2 Å². The largest absolute Gasteiger partial charge is 0.456 e. The van der Waals surface area contributed by atoms with E-state index in [-0.39, 0.29) is 11.8 Å². The summed E-state index contributed by atoms with van der Waals surface area (Å²) in [6.07, 6.45) is 0. The SMILES string of the molecule is c1ccc(-c2cccc([Si](c3ccccc3)(c3ccccc3)c3cccc4c3C3c5ccccc5C4c4cccc(-c5cccc(-c6ccc7oc8ccccc8c7c6)c5)c43)c2)cc1. The minimum Gasteiger partial charge on any atom is -0.456 e. The molecule has 3 aliphatic carbocycles. The van der Waals surface area contributed by atoms with Crippen LogP contribution in [-0.4, -0.2) is 8.07 Å². The third-order valence-electron chi connectivity index (χ3n) is 14.2. The van der Waals surface area contributed by atoms with Gasteiger partial charge in [-0.3, -0.25) is 0 Å². The van der Waals surface area contributed by atoms with Crippen LogP contribution in [0.4, 0.5) is 0 Å². The Labute approximate surface area is 374 Å². The average Bonchev–Trinajstić information content (AvgIpc) is 3.75. The summed E-state index contributed by atoms with van der Waals surface area (Å²) in [5, 5.41) is 7.92. The zero-order valence-electron chi connectivity index (χ0n) is 35.2. The van der Waals surface area contributed by atoms with Crippen molar-refractivity contribution in [3.8, 4) is 33.4 Å². The number of rotatable bonds is 7. The Kier molecular flexibility index (Phi) is 8.44. The minimum absolute atomic E-state index is 0.0347. The second kappa shape index (κ2) is 14.7. The van der Waals surface area contributed by atoms with Crippen molar-refractivity contribution in [2.24, 2.45) is 0 Å². The fourth-order valence-electron chi connectivity index (χ4n) is 11.6. The van der Waals surface area contributed by atoms with Gasteiger partial charge in [-0.25, -0.2) is 0 Å². The Morgan fingerprint density at radius 3 is 1.58 bits per heavy atom. The summed E-state index contributed by atoms with van der Waals surface area (Å²) >= 11 is 0. The van der Waals surface area contributed by atoms with E-state index in [2.05, 4.69) is 237 Å². The fourth-order valence-corrected chi connectivity index (χ4v) is 16.6. The third kappa shape index (κ3) is 5.49. The molecule has 2 atom stereocenters. The van der Waals surface area contributed by atoms with Crippen LogP contribution >= 0.6 is 0 Å². The number of hydrogen-bond donors (Lipinski definition) is 0. The highest BCUT2D eigenvalue weighted by molar-refractivity contribution is 7.20. The maximum Gasteiger partial charge on any atom is 0.179 e. The minimum atomic E-state index is -3.02. The standard InChI is InChI=1S/C62H42OSi/c1-4-18-41(19-5-1)43-21-15-27-48(39-43)64(46-23-6-2-7-24-46,47-25-8-3-9-26-47)58-35-17-33-54-59-51-29-10-11-30-52(51)62(61(54)58)60-49(31-16-32-53(59)60)45-22-14-20-42(38-45)44-36-37-57-55(40-44)50-28-12-13-34-56(50)63-57/h1-40,59,62H. The molecule has 2 heteroatoms. The fraction of sp³-hybridized carbons (Fsp3) is 0.0323. The summed E-state index contributed by atoms with van der Waals surface area (Å²) in [5.74, 6) is 0.146. The highest BCUT2D eigenvalue weighted by Crippen LogP contribution is 2.57. The zero-order chi connectivity index (χ0) is 42.2. The number of hydrogen-bond acceptors (Lipinski definition) is 1. The molecule has 0 fully saturated rings. The van der Waals surface area contributed by atoms with Crippen molar-refractivity contribution in [3.63, 3.8) is 0 Å². The summed E-state index contributed by atoms with van der Waals surface area (Å²) in [5.41, 5.74) is 17.8. The zero-order valence-corrected chi connectivity index (χ0v) is 36.2. The molecule has 0 aliphatic heterocycles. The second-order valence-electron chi connectivity index (χ2n) is 17.4. The van der Waals surface area contributed by atoms with Gasteiger partial charge in [0, 0.05) is 22.6 Å². The molecule has 3 aliphatic rings. The van der Waals surface area contributed by atoms with Gasteiger partial charge in [0.05, 0.1) is 0 Å². The number of para-hydroxylation sites is 1. The van der Waals surface area contributed by atoms with Gasteiger partial charge >= 0.3 is 0 Å². The molecule has 11 aromatic rings. The molecule has 64 heavy (non-hydrogen) atoms. The highest BCUT2D eigenvalue weighted by Gasteiger charge is 2.49. The van der Waals surface area contributed by atoms with Crippen LogP contribution in [0.25, 0.3) is 55.3 Å². The first-order valence-corrected chi connectivity index (χ1v) is 24.4. The van der Waals surface area contributed by atoms with Crippen LogP contribution in [-0.2, 0) is 0 Å². The lowest BCUT2D eigenvalue weighted by atomic mass is 9.60. The van der Waals surface area contributed by atoms with Crippen LogP contribution in [0.5, 0.6) is 0 Å². The van der Waals surface area contributed by atoms with Crippen molar-refractivity contribution < 1.29 is 4.42 Å². The predicted molar refractivity (Wildman–Crippen MR) is 268 cm³/mol. The maximum atomic E-state index is 6.23. The number of benzene rings is 10. The van der Waals surface area contributed by atoms with E-state index in [4.69, 9.17) is 4.42 Å². The molecule has 0 N–H and O–H groups in total. The Morgan fingerprint density at radius 1 is 0.297 bits per heavy atom. The van der Waals surface area contributed by atoms with E-state index >= 15 is 0 Å². The molecule has 1 aromatic heterocycles. The van der Waals surface area contributed by atoms with E-state index in [1.165, 1.54) is 87.5 Å². The van der Waals surface area contributed by atoms with E-state index in [9.17, 15) is 0 Å². The molecule has 1 nitrogen and oxygen atoms in total. The molecule has 2 unspecified atom stereocenters. The molecule has 300 valence electrons. The van der Waals surface area contributed by atoms with E-state index in [0.29, 0.717) is 0 Å². The quantitative estimate of drug-likeness (QED) is 0.115. The Bertz CT molecular complexity index is 3530. The molecular formula is C62H42OSi. The average molecular weight is 831 g/mol. The Balaban J connectivity index is 1.06. The number of fused-ring (bicyclic) bond motifs is 3. The molecular weight excluding hydrogens is 789 g/mol. The first-order chi connectivity index (χ1) is 31.8. The molecule has 1 heterocycles. The van der Waals surface area contributed by atoms with Crippen molar-refractivity contribution in [2.75, 3.05) is 0 Å². The molecule has 0 radical (unpaired) electrons. The van der Waals surface area contributed by atoms with Crippen LogP contribution in [0.3, 0.4) is 0 Å². The normalized spacial score (nSPS) is 14.9. The Hall–Kier alpha value is -7.78. The van der Waals surface area contributed by atoms with E-state index in [0.717, 1.165) is 21.9 Å². The van der Waals surface area contributed by atoms with Crippen LogP contribution in [0.2, 0.25) is 0 Å². The summed E-state index contributed by atoms with van der Waals surface area (Å²) < 4.78 is 6.23. The van der Waals surface area contributed by atoms with Crippen molar-refractivity contribution in [1.82, 2.24) is 0 Å². The lowest BCUT2D eigenvalue weighted by molar-refractivity contribution is 0.669. The molecule has 0 saturated carbocycles. The highest BCUT2D eigenvalue weighted by atomic mass is 28.3. The second-order valence-corrected chi connectivity index (χ2v) is 21.2. The van der Waals surface area contributed by atoms with Crippen molar-refractivity contribution in [1.29, 1.82) is 0 Å². The van der Waals surface area contributed by atoms with Crippen molar-refractivity contribution in [2.45, 2.75) is 11.8 Å². The van der Waals surface area contributed by atoms with Gasteiger partial charge in [-0.1, -0.05) is 218 Å². The predicted octanol–water partition coefficient (Wildman–Crippen LogP) is 13.0. The monoisotopic (exact) mass is 830 g/mol. The molecule has 14 rings (SSSR count). The third-order valence-corrected chi connectivity index (χ3v) is 19.0. The van der Waals surface area contributed by atoms with Crippen molar-refractivity contribution in [3.05, 3.63) is 276 Å². The molecule has 0 saturated heterocycles. The van der Waals surface area contributed by atoms with Gasteiger partial charge in [0.15, 0.2) is 8.07 Å². The van der Waals surface area contributed by atoms with Crippen LogP contribution < -0.4 is 20.7 Å². The van der Waals surface area contributed by atoms with Gasteiger partial charge in [0.2, 0.25) is 0 Å². The lowest BCUT2D eigenvalue weighted by Crippen LogP contribution is -2.75. The smallest absolute Gasteiger partial charge is 0.179 e. The Morgan fingerprint density at radius 2 is 0.812 bits per heavy atom. The lowest BCUT2D eigenvalue weighted by Gasteiger charge is -2.47. The first kappa shape index (κ1) is 36.8. The van der Waals surface area contributed by atoms with Gasteiger partial charge in [-0.05, 0) is 112 Å². The maximum absolute atomic E-state index is 6.23. The topological polar surface area (TPSA) is 13.1 Å². The first-order valence-electron chi connectivity index (χ1n) is 22.4. The van der Waals surface area contributed by atoms with Gasteiger partial charge in [-0.2, -0.15) is 0 Å².